The molecule has 0 aromatic heterocycles. The number of halogens is 1. The highest BCUT2D eigenvalue weighted by Gasteiger charge is 2.12. The van der Waals surface area contributed by atoms with Gasteiger partial charge in [-0.25, -0.2) is 4.99 Å². The quantitative estimate of drug-likeness (QED) is 0.636. The van der Waals surface area contributed by atoms with Gasteiger partial charge in [-0.2, -0.15) is 0 Å². The summed E-state index contributed by atoms with van der Waals surface area (Å²) in [5.74, 6) is 0.192. The molecule has 6 nitrogen and oxygen atoms in total. The van der Waals surface area contributed by atoms with E-state index in [2.05, 4.69) is 26.2 Å². The Balaban J connectivity index is 1.84. The minimum absolute atomic E-state index is 0.00963. The molecular weight excluding hydrogens is 324 g/mol. The predicted molar refractivity (Wildman–Crippen MR) is 81.7 cm³/mol. The number of morpholine rings is 1. The average Bonchev–Trinajstić information content (AvgIpc) is 2.46. The van der Waals surface area contributed by atoms with Crippen molar-refractivity contribution < 1.29 is 9.53 Å². The first-order valence-electron chi connectivity index (χ1n) is 6.33. The number of carbonyl (C=O) groups excluding carboxylic acids is 1. The van der Waals surface area contributed by atoms with Gasteiger partial charge in [-0.1, -0.05) is 22.0 Å². The van der Waals surface area contributed by atoms with Gasteiger partial charge in [-0.05, 0) is 18.2 Å². The number of guanidine groups is 1. The lowest BCUT2D eigenvalue weighted by atomic mass is 10.3. The van der Waals surface area contributed by atoms with Crippen LogP contribution in [-0.4, -0.2) is 49.6 Å². The minimum atomic E-state index is -0.195. The second kappa shape index (κ2) is 7.25. The Kier molecular flexibility index (Phi) is 5.37. The molecule has 0 aliphatic carbocycles. The van der Waals surface area contributed by atoms with Crippen LogP contribution in [0, 0.1) is 0 Å². The van der Waals surface area contributed by atoms with Crippen LogP contribution >= 0.6 is 15.9 Å². The number of benzene rings is 1. The standard InChI is InChI=1S/C13H17BrN4O2/c14-10-2-1-3-11(8-10)17-12(19)9-16-13(15)18-4-6-20-7-5-18/h1-3,8H,4-7,9H2,(H2,15,16)(H,17,19). The summed E-state index contributed by atoms with van der Waals surface area (Å²) >= 11 is 3.35. The predicted octanol–water partition coefficient (Wildman–Crippen LogP) is 1.03. The van der Waals surface area contributed by atoms with Gasteiger partial charge in [0.25, 0.3) is 0 Å². The third kappa shape index (κ3) is 4.50. The monoisotopic (exact) mass is 340 g/mol. The molecule has 1 saturated heterocycles. The summed E-state index contributed by atoms with van der Waals surface area (Å²) in [5, 5.41) is 2.77. The molecule has 7 heteroatoms. The molecule has 1 heterocycles. The molecule has 1 amide bonds. The zero-order chi connectivity index (χ0) is 14.4. The number of ether oxygens (including phenoxy) is 1. The zero-order valence-electron chi connectivity index (χ0n) is 11.0. The van der Waals surface area contributed by atoms with E-state index < -0.39 is 0 Å². The van der Waals surface area contributed by atoms with E-state index in [0.29, 0.717) is 32.3 Å². The third-order valence-electron chi connectivity index (χ3n) is 2.83. The van der Waals surface area contributed by atoms with Crippen molar-refractivity contribution in [3.8, 4) is 0 Å². The number of carbonyl (C=O) groups is 1. The summed E-state index contributed by atoms with van der Waals surface area (Å²) in [6.45, 7) is 2.71. The van der Waals surface area contributed by atoms with Crippen molar-refractivity contribution >= 4 is 33.5 Å². The Hall–Kier alpha value is -1.60. The molecule has 0 saturated carbocycles. The van der Waals surface area contributed by atoms with Crippen LogP contribution in [0.15, 0.2) is 33.7 Å². The number of aliphatic imine (C=N–C) groups is 1. The number of nitrogens with one attached hydrogen (secondary N) is 1. The lowest BCUT2D eigenvalue weighted by Crippen LogP contribution is -2.45. The molecule has 3 N–H and O–H groups in total. The molecule has 20 heavy (non-hydrogen) atoms. The van der Waals surface area contributed by atoms with Crippen LogP contribution in [0.1, 0.15) is 0 Å². The molecule has 1 aliphatic rings. The number of hydrogen-bond acceptors (Lipinski definition) is 3. The summed E-state index contributed by atoms with van der Waals surface area (Å²) in [5.41, 5.74) is 6.57. The fraction of sp³-hybridized carbons (Fsp3) is 0.385. The van der Waals surface area contributed by atoms with Crippen LogP contribution in [0.25, 0.3) is 0 Å². The lowest BCUT2D eigenvalue weighted by molar-refractivity contribution is -0.114. The van der Waals surface area contributed by atoms with E-state index in [1.54, 1.807) is 0 Å². The topological polar surface area (TPSA) is 79.9 Å². The van der Waals surface area contributed by atoms with Crippen molar-refractivity contribution in [1.29, 1.82) is 0 Å². The molecule has 0 atom stereocenters. The molecule has 1 fully saturated rings. The summed E-state index contributed by atoms with van der Waals surface area (Å²) in [4.78, 5) is 17.8. The maximum Gasteiger partial charge on any atom is 0.246 e. The van der Waals surface area contributed by atoms with Crippen LogP contribution in [0.4, 0.5) is 5.69 Å². The second-order valence-electron chi connectivity index (χ2n) is 4.33. The van der Waals surface area contributed by atoms with Crippen LogP contribution < -0.4 is 11.1 Å². The molecular formula is C13H17BrN4O2. The summed E-state index contributed by atoms with van der Waals surface area (Å²) < 4.78 is 6.14. The van der Waals surface area contributed by atoms with Crippen molar-refractivity contribution in [3.05, 3.63) is 28.7 Å². The minimum Gasteiger partial charge on any atom is -0.378 e. The van der Waals surface area contributed by atoms with E-state index >= 15 is 0 Å². The number of anilines is 1. The number of amides is 1. The summed E-state index contributed by atoms with van der Waals surface area (Å²) in [6, 6.07) is 7.39. The van der Waals surface area contributed by atoms with Crippen molar-refractivity contribution in [2.75, 3.05) is 38.2 Å². The zero-order valence-corrected chi connectivity index (χ0v) is 12.6. The van der Waals surface area contributed by atoms with E-state index in [0.717, 1.165) is 10.2 Å². The third-order valence-corrected chi connectivity index (χ3v) is 3.32. The maximum absolute atomic E-state index is 11.8. The number of hydrogen-bond donors (Lipinski definition) is 2. The van der Waals surface area contributed by atoms with Gasteiger partial charge in [0.15, 0.2) is 5.96 Å². The average molecular weight is 341 g/mol. The number of nitrogens with zero attached hydrogens (tertiary/aromatic N) is 2. The Morgan fingerprint density at radius 1 is 1.45 bits per heavy atom. The SMILES string of the molecule is NC(=NCC(=O)Nc1cccc(Br)c1)N1CCOCC1. The first kappa shape index (κ1) is 14.8. The van der Waals surface area contributed by atoms with E-state index in [9.17, 15) is 4.79 Å². The van der Waals surface area contributed by atoms with Gasteiger partial charge in [0.2, 0.25) is 5.91 Å². The first-order chi connectivity index (χ1) is 9.65. The van der Waals surface area contributed by atoms with Gasteiger partial charge < -0.3 is 20.7 Å². The van der Waals surface area contributed by atoms with Crippen LogP contribution in [0.3, 0.4) is 0 Å². The molecule has 2 rings (SSSR count). The Morgan fingerprint density at radius 3 is 2.90 bits per heavy atom. The molecule has 1 aromatic rings. The summed E-state index contributed by atoms with van der Waals surface area (Å²) in [7, 11) is 0. The van der Waals surface area contributed by atoms with Crippen LogP contribution in [-0.2, 0) is 9.53 Å². The van der Waals surface area contributed by atoms with Gasteiger partial charge in [0.1, 0.15) is 6.54 Å². The fourth-order valence-electron chi connectivity index (χ4n) is 1.81. The molecule has 0 radical (unpaired) electrons. The number of nitrogens with two attached hydrogens (primary N) is 1. The smallest absolute Gasteiger partial charge is 0.246 e. The second-order valence-corrected chi connectivity index (χ2v) is 5.25. The summed E-state index contributed by atoms with van der Waals surface area (Å²) in [6.07, 6.45) is 0. The molecule has 1 aromatic carbocycles. The Labute approximate surface area is 126 Å². The molecule has 108 valence electrons. The van der Waals surface area contributed by atoms with Gasteiger partial charge in [0.05, 0.1) is 13.2 Å². The molecule has 0 spiro atoms. The molecule has 0 unspecified atom stereocenters. The van der Waals surface area contributed by atoms with E-state index in [-0.39, 0.29) is 12.5 Å². The van der Waals surface area contributed by atoms with Gasteiger partial charge >= 0.3 is 0 Å². The van der Waals surface area contributed by atoms with Gasteiger partial charge in [-0.3, -0.25) is 4.79 Å². The van der Waals surface area contributed by atoms with Crippen molar-refractivity contribution in [1.82, 2.24) is 4.90 Å². The molecule has 0 bridgehead atoms. The largest absolute Gasteiger partial charge is 0.378 e. The van der Waals surface area contributed by atoms with E-state index in [1.165, 1.54) is 0 Å². The van der Waals surface area contributed by atoms with E-state index in [4.69, 9.17) is 10.5 Å². The maximum atomic E-state index is 11.8. The van der Waals surface area contributed by atoms with Crippen molar-refractivity contribution in [3.63, 3.8) is 0 Å². The molecule has 1 aliphatic heterocycles. The Bertz CT molecular complexity index is 501. The van der Waals surface area contributed by atoms with Crippen molar-refractivity contribution in [2.45, 2.75) is 0 Å². The Morgan fingerprint density at radius 2 is 2.20 bits per heavy atom. The van der Waals surface area contributed by atoms with E-state index in [1.807, 2.05) is 29.2 Å². The van der Waals surface area contributed by atoms with Crippen molar-refractivity contribution in [2.24, 2.45) is 10.7 Å². The normalized spacial score (nSPS) is 16.1. The lowest BCUT2D eigenvalue weighted by Gasteiger charge is -2.27. The van der Waals surface area contributed by atoms with Gasteiger partial charge in [-0.15, -0.1) is 0 Å². The first-order valence-corrected chi connectivity index (χ1v) is 7.12. The highest BCUT2D eigenvalue weighted by molar-refractivity contribution is 9.10. The number of rotatable bonds is 3. The highest BCUT2D eigenvalue weighted by atomic mass is 79.9. The van der Waals surface area contributed by atoms with Crippen LogP contribution in [0.5, 0.6) is 0 Å². The van der Waals surface area contributed by atoms with Gasteiger partial charge in [0, 0.05) is 23.2 Å². The highest BCUT2D eigenvalue weighted by Crippen LogP contribution is 2.15. The van der Waals surface area contributed by atoms with Crippen LogP contribution in [0.2, 0.25) is 0 Å². The fourth-order valence-corrected chi connectivity index (χ4v) is 2.21.